The molecule has 0 radical (unpaired) electrons. The molecule has 4 nitrogen and oxygen atoms in total. The van der Waals surface area contributed by atoms with Crippen LogP contribution in [0.5, 0.6) is 0 Å². The maximum atomic E-state index is 12.4. The summed E-state index contributed by atoms with van der Waals surface area (Å²) >= 11 is 0. The van der Waals surface area contributed by atoms with Crippen LogP contribution in [-0.4, -0.2) is 62.0 Å². The minimum atomic E-state index is -0.0365. The monoisotopic (exact) mass is 227 g/mol. The summed E-state index contributed by atoms with van der Waals surface area (Å²) in [4.78, 5) is 16.5. The van der Waals surface area contributed by atoms with E-state index in [2.05, 4.69) is 26.1 Å². The Labute approximate surface area is 99.0 Å². The smallest absolute Gasteiger partial charge is 0.240 e. The van der Waals surface area contributed by atoms with Crippen LogP contribution in [0.2, 0.25) is 0 Å². The molecule has 0 bridgehead atoms. The minimum absolute atomic E-state index is 0.0224. The zero-order chi connectivity index (χ0) is 12.3. The van der Waals surface area contributed by atoms with Gasteiger partial charge >= 0.3 is 0 Å². The average Bonchev–Trinajstić information content (AvgIpc) is 2.16. The Balaban J connectivity index is 2.74. The van der Waals surface area contributed by atoms with E-state index in [1.54, 1.807) is 0 Å². The van der Waals surface area contributed by atoms with Crippen molar-refractivity contribution in [2.75, 3.05) is 40.3 Å². The summed E-state index contributed by atoms with van der Waals surface area (Å²) in [5, 5.41) is 3.27. The van der Waals surface area contributed by atoms with Crippen LogP contribution in [0, 0.1) is 5.41 Å². The van der Waals surface area contributed by atoms with Crippen LogP contribution in [0.4, 0.5) is 0 Å². The van der Waals surface area contributed by atoms with E-state index in [0.717, 1.165) is 26.2 Å². The van der Waals surface area contributed by atoms with E-state index in [-0.39, 0.29) is 17.4 Å². The highest BCUT2D eigenvalue weighted by atomic mass is 16.2. The first-order chi connectivity index (χ1) is 7.34. The van der Waals surface area contributed by atoms with Crippen molar-refractivity contribution < 1.29 is 4.79 Å². The van der Waals surface area contributed by atoms with Crippen LogP contribution in [0.1, 0.15) is 20.8 Å². The Bertz CT molecular complexity index is 239. The predicted octanol–water partition coefficient (Wildman–Crippen LogP) is 0.395. The lowest BCUT2D eigenvalue weighted by Gasteiger charge is -2.39. The van der Waals surface area contributed by atoms with Crippen molar-refractivity contribution in [3.05, 3.63) is 0 Å². The van der Waals surface area contributed by atoms with Gasteiger partial charge < -0.3 is 10.2 Å². The summed E-state index contributed by atoms with van der Waals surface area (Å²) in [6, 6.07) is -0.0365. The first-order valence-corrected chi connectivity index (χ1v) is 6.00. The second-order valence-corrected chi connectivity index (χ2v) is 5.81. The van der Waals surface area contributed by atoms with Crippen LogP contribution in [-0.2, 0) is 4.79 Å². The second kappa shape index (κ2) is 5.15. The zero-order valence-corrected chi connectivity index (χ0v) is 11.2. The van der Waals surface area contributed by atoms with Crippen molar-refractivity contribution in [2.45, 2.75) is 26.8 Å². The molecule has 1 heterocycles. The number of hydrogen-bond acceptors (Lipinski definition) is 3. The van der Waals surface area contributed by atoms with Crippen LogP contribution in [0.3, 0.4) is 0 Å². The van der Waals surface area contributed by atoms with E-state index in [0.29, 0.717) is 0 Å². The highest BCUT2D eigenvalue weighted by Crippen LogP contribution is 2.24. The number of hydrogen-bond donors (Lipinski definition) is 1. The van der Waals surface area contributed by atoms with Gasteiger partial charge in [-0.25, -0.2) is 0 Å². The van der Waals surface area contributed by atoms with Crippen LogP contribution >= 0.6 is 0 Å². The highest BCUT2D eigenvalue weighted by molar-refractivity contribution is 5.82. The largest absolute Gasteiger partial charge is 0.339 e. The van der Waals surface area contributed by atoms with Gasteiger partial charge in [-0.05, 0) is 19.5 Å². The summed E-state index contributed by atoms with van der Waals surface area (Å²) in [5.74, 6) is 0.263. The summed E-state index contributed by atoms with van der Waals surface area (Å²) in [6.45, 7) is 9.86. The molecular weight excluding hydrogens is 202 g/mol. The van der Waals surface area contributed by atoms with E-state index in [1.807, 2.05) is 23.9 Å². The second-order valence-electron chi connectivity index (χ2n) is 5.81. The molecule has 16 heavy (non-hydrogen) atoms. The van der Waals surface area contributed by atoms with Gasteiger partial charge in [0, 0.05) is 26.2 Å². The zero-order valence-electron chi connectivity index (χ0n) is 11.2. The molecule has 0 saturated carbocycles. The Morgan fingerprint density at radius 1 is 1.25 bits per heavy atom. The molecule has 1 fully saturated rings. The van der Waals surface area contributed by atoms with Gasteiger partial charge in [0.2, 0.25) is 5.91 Å². The van der Waals surface area contributed by atoms with E-state index in [4.69, 9.17) is 0 Å². The quantitative estimate of drug-likeness (QED) is 0.741. The first-order valence-electron chi connectivity index (χ1n) is 6.00. The molecule has 0 spiro atoms. The third-order valence-corrected chi connectivity index (χ3v) is 3.00. The van der Waals surface area contributed by atoms with Gasteiger partial charge in [0.25, 0.3) is 0 Å². The summed E-state index contributed by atoms with van der Waals surface area (Å²) in [5.41, 5.74) is -0.0224. The molecule has 1 aliphatic heterocycles. The molecule has 4 heteroatoms. The summed E-state index contributed by atoms with van der Waals surface area (Å²) in [6.07, 6.45) is 0. The fourth-order valence-electron chi connectivity index (χ4n) is 2.42. The van der Waals surface area contributed by atoms with Crippen LogP contribution < -0.4 is 5.32 Å². The van der Waals surface area contributed by atoms with E-state index < -0.39 is 0 Å². The molecular formula is C12H25N3O. The minimum Gasteiger partial charge on any atom is -0.339 e. The number of nitrogens with one attached hydrogen (secondary N) is 1. The molecule has 1 rings (SSSR count). The van der Waals surface area contributed by atoms with Gasteiger partial charge in [-0.1, -0.05) is 20.8 Å². The first kappa shape index (κ1) is 13.5. The fraction of sp³-hybridized carbons (Fsp3) is 0.917. The molecule has 1 unspecified atom stereocenters. The van der Waals surface area contributed by atoms with Crippen LogP contribution in [0.15, 0.2) is 0 Å². The molecule has 1 aliphatic rings. The molecule has 1 N–H and O–H groups in total. The van der Waals surface area contributed by atoms with Gasteiger partial charge in [-0.3, -0.25) is 9.69 Å². The van der Waals surface area contributed by atoms with Gasteiger partial charge in [0.15, 0.2) is 0 Å². The third-order valence-electron chi connectivity index (χ3n) is 3.00. The number of carbonyl (C=O) groups excluding carboxylic acids is 1. The molecule has 0 aromatic heterocycles. The van der Waals surface area contributed by atoms with Crippen molar-refractivity contribution >= 4 is 5.91 Å². The molecule has 1 atom stereocenters. The van der Waals surface area contributed by atoms with Gasteiger partial charge in [-0.15, -0.1) is 0 Å². The molecule has 1 amide bonds. The van der Waals surface area contributed by atoms with E-state index >= 15 is 0 Å². The average molecular weight is 227 g/mol. The van der Waals surface area contributed by atoms with Crippen molar-refractivity contribution in [3.63, 3.8) is 0 Å². The molecule has 0 aromatic rings. The standard InChI is InChI=1S/C12H25N3O/c1-12(2,3)10(14(4)5)11(16)15-8-6-13-7-9-15/h10,13H,6-9H2,1-5H3. The van der Waals surface area contributed by atoms with Crippen LogP contribution in [0.25, 0.3) is 0 Å². The highest BCUT2D eigenvalue weighted by Gasteiger charge is 2.36. The Hall–Kier alpha value is -0.610. The number of amides is 1. The van der Waals surface area contributed by atoms with Crippen molar-refractivity contribution in [1.29, 1.82) is 0 Å². The maximum absolute atomic E-state index is 12.4. The lowest BCUT2D eigenvalue weighted by Crippen LogP contribution is -2.56. The number of nitrogens with zero attached hydrogens (tertiary/aromatic N) is 2. The number of piperazine rings is 1. The van der Waals surface area contributed by atoms with E-state index in [1.165, 1.54) is 0 Å². The Kier molecular flexibility index (Phi) is 4.33. The topological polar surface area (TPSA) is 35.6 Å². The van der Waals surface area contributed by atoms with Crippen molar-refractivity contribution in [1.82, 2.24) is 15.1 Å². The number of likely N-dealkylation sites (N-methyl/N-ethyl adjacent to an activating group) is 1. The number of rotatable bonds is 2. The fourth-order valence-corrected chi connectivity index (χ4v) is 2.42. The van der Waals surface area contributed by atoms with Gasteiger partial charge in [-0.2, -0.15) is 0 Å². The normalized spacial score (nSPS) is 20.0. The lowest BCUT2D eigenvalue weighted by atomic mass is 9.85. The summed E-state index contributed by atoms with van der Waals surface area (Å²) < 4.78 is 0. The summed E-state index contributed by atoms with van der Waals surface area (Å²) in [7, 11) is 3.96. The molecule has 0 aliphatic carbocycles. The van der Waals surface area contributed by atoms with Gasteiger partial charge in [0.1, 0.15) is 0 Å². The maximum Gasteiger partial charge on any atom is 0.240 e. The van der Waals surface area contributed by atoms with Gasteiger partial charge in [0.05, 0.1) is 6.04 Å². The molecule has 1 saturated heterocycles. The molecule has 0 aromatic carbocycles. The predicted molar refractivity (Wildman–Crippen MR) is 66.4 cm³/mol. The Morgan fingerprint density at radius 3 is 2.12 bits per heavy atom. The lowest BCUT2D eigenvalue weighted by molar-refractivity contribution is -0.140. The number of carbonyl (C=O) groups is 1. The molecule has 94 valence electrons. The third kappa shape index (κ3) is 3.19. The SMILES string of the molecule is CN(C)C(C(=O)N1CCNCC1)C(C)(C)C. The van der Waals surface area contributed by atoms with Crippen molar-refractivity contribution in [2.24, 2.45) is 5.41 Å². The van der Waals surface area contributed by atoms with E-state index in [9.17, 15) is 4.79 Å². The van der Waals surface area contributed by atoms with Crippen molar-refractivity contribution in [3.8, 4) is 0 Å². The Morgan fingerprint density at radius 2 is 1.75 bits per heavy atom.